The molecule has 3 rings (SSSR count). The number of hydrogen-bond donors (Lipinski definition) is 1. The number of carbonyl (C=O) groups is 1. The Kier molecular flexibility index (Phi) is 1.57. The number of halogens is 1. The quantitative estimate of drug-likeness (QED) is 0.800. The molecule has 0 bridgehead atoms. The lowest BCUT2D eigenvalue weighted by molar-refractivity contribution is -0.118. The van der Waals surface area contributed by atoms with Crippen molar-refractivity contribution in [3.05, 3.63) is 15.5 Å². The summed E-state index contributed by atoms with van der Waals surface area (Å²) in [6.07, 6.45) is 1.59. The number of nitrogens with one attached hydrogen (secondary N) is 1. The maximum absolute atomic E-state index is 11.0. The van der Waals surface area contributed by atoms with E-state index in [9.17, 15) is 4.79 Å². The predicted octanol–water partition coefficient (Wildman–Crippen LogP) is 1.71. The Bertz CT molecular complexity index is 359. The van der Waals surface area contributed by atoms with Crippen molar-refractivity contribution in [2.24, 2.45) is 11.8 Å². The van der Waals surface area contributed by atoms with Gasteiger partial charge in [0.05, 0.1) is 0 Å². The van der Waals surface area contributed by atoms with Crippen LogP contribution in [0.2, 0.25) is 0 Å². The van der Waals surface area contributed by atoms with Crippen LogP contribution < -0.4 is 0 Å². The van der Waals surface area contributed by atoms with Gasteiger partial charge in [-0.1, -0.05) is 0 Å². The first-order valence-corrected chi connectivity index (χ1v) is 5.56. The van der Waals surface area contributed by atoms with Crippen LogP contribution in [-0.4, -0.2) is 16.0 Å². The van der Waals surface area contributed by atoms with E-state index in [1.807, 2.05) is 0 Å². The highest BCUT2D eigenvalue weighted by atomic mass is 127. The number of aromatic amines is 1. The first-order chi connectivity index (χ1) is 6.25. The number of Topliss-reactive ketones (excluding diaryl/α,β-unsaturated/α-hetero) is 1. The van der Waals surface area contributed by atoms with Crippen LogP contribution in [0.3, 0.4) is 0 Å². The maximum Gasteiger partial charge on any atom is 0.133 e. The SMILES string of the molecule is O=C1C[C@@H]2[C@H](C1)[C@H]2c1cc(I)n[nH]1. The van der Waals surface area contributed by atoms with Crippen LogP contribution in [0.5, 0.6) is 0 Å². The van der Waals surface area contributed by atoms with Crippen LogP contribution in [0.4, 0.5) is 0 Å². The Morgan fingerprint density at radius 2 is 2.15 bits per heavy atom. The highest BCUT2D eigenvalue weighted by Gasteiger charge is 2.57. The van der Waals surface area contributed by atoms with Gasteiger partial charge in [-0.05, 0) is 40.5 Å². The van der Waals surface area contributed by atoms with Crippen molar-refractivity contribution in [1.82, 2.24) is 10.2 Å². The van der Waals surface area contributed by atoms with Gasteiger partial charge in [0, 0.05) is 24.5 Å². The molecule has 2 saturated carbocycles. The van der Waals surface area contributed by atoms with Crippen LogP contribution in [0, 0.1) is 15.5 Å². The molecule has 0 radical (unpaired) electrons. The maximum atomic E-state index is 11.0. The normalized spacial score (nSPS) is 36.4. The van der Waals surface area contributed by atoms with Crippen molar-refractivity contribution in [2.75, 3.05) is 0 Å². The summed E-state index contributed by atoms with van der Waals surface area (Å²) in [5.74, 6) is 2.31. The fraction of sp³-hybridized carbons (Fsp3) is 0.556. The summed E-state index contributed by atoms with van der Waals surface area (Å²) in [5.41, 5.74) is 1.23. The number of nitrogens with zero attached hydrogens (tertiary/aromatic N) is 1. The Morgan fingerprint density at radius 3 is 2.69 bits per heavy atom. The fourth-order valence-electron chi connectivity index (χ4n) is 2.55. The third-order valence-electron chi connectivity index (χ3n) is 3.18. The van der Waals surface area contributed by atoms with Gasteiger partial charge in [-0.2, -0.15) is 5.10 Å². The first-order valence-electron chi connectivity index (χ1n) is 4.48. The van der Waals surface area contributed by atoms with Gasteiger partial charge in [-0.25, -0.2) is 0 Å². The zero-order chi connectivity index (χ0) is 9.00. The highest BCUT2D eigenvalue weighted by molar-refractivity contribution is 14.1. The number of H-pyrrole nitrogens is 1. The van der Waals surface area contributed by atoms with E-state index in [4.69, 9.17) is 0 Å². The molecule has 0 saturated heterocycles. The summed E-state index contributed by atoms with van der Waals surface area (Å²) < 4.78 is 1.02. The number of ketones is 1. The van der Waals surface area contributed by atoms with Crippen LogP contribution in [-0.2, 0) is 4.79 Å². The van der Waals surface area contributed by atoms with E-state index < -0.39 is 0 Å². The smallest absolute Gasteiger partial charge is 0.133 e. The van der Waals surface area contributed by atoms with Gasteiger partial charge in [0.1, 0.15) is 9.48 Å². The summed E-state index contributed by atoms with van der Waals surface area (Å²) in [6.45, 7) is 0. The summed E-state index contributed by atoms with van der Waals surface area (Å²) in [6, 6.07) is 2.09. The average molecular weight is 288 g/mol. The lowest BCUT2D eigenvalue weighted by Crippen LogP contribution is -1.97. The van der Waals surface area contributed by atoms with Gasteiger partial charge < -0.3 is 0 Å². The Balaban J connectivity index is 1.81. The third-order valence-corrected chi connectivity index (χ3v) is 3.74. The molecule has 68 valence electrons. The van der Waals surface area contributed by atoms with Crippen LogP contribution in [0.25, 0.3) is 0 Å². The van der Waals surface area contributed by atoms with Gasteiger partial charge in [0.15, 0.2) is 0 Å². The van der Waals surface area contributed by atoms with E-state index in [1.54, 1.807) is 0 Å². The number of hydrogen-bond acceptors (Lipinski definition) is 2. The molecule has 2 fully saturated rings. The molecule has 1 aromatic heterocycles. The van der Waals surface area contributed by atoms with Crippen molar-refractivity contribution in [2.45, 2.75) is 18.8 Å². The third kappa shape index (κ3) is 1.14. The van der Waals surface area contributed by atoms with Crippen molar-refractivity contribution in [3.63, 3.8) is 0 Å². The van der Waals surface area contributed by atoms with Gasteiger partial charge >= 0.3 is 0 Å². The molecule has 1 heterocycles. The zero-order valence-corrected chi connectivity index (χ0v) is 9.11. The van der Waals surface area contributed by atoms with E-state index in [0.29, 0.717) is 23.5 Å². The summed E-state index contributed by atoms with van der Waals surface area (Å²) in [7, 11) is 0. The molecule has 3 nitrogen and oxygen atoms in total. The van der Waals surface area contributed by atoms with E-state index in [2.05, 4.69) is 38.9 Å². The topological polar surface area (TPSA) is 45.8 Å². The van der Waals surface area contributed by atoms with Gasteiger partial charge in [0.25, 0.3) is 0 Å². The minimum Gasteiger partial charge on any atom is -0.300 e. The van der Waals surface area contributed by atoms with Gasteiger partial charge in [-0.15, -0.1) is 0 Å². The van der Waals surface area contributed by atoms with Crippen molar-refractivity contribution in [3.8, 4) is 0 Å². The molecule has 2 aliphatic rings. The second-order valence-electron chi connectivity index (χ2n) is 3.95. The standard InChI is InChI=1S/C9H9IN2O/c10-8-3-7(11-12-8)9-5-1-4(13)2-6(5)9/h3,5-6,9H,1-2H2,(H,11,12)/t5-,6+,9+. The molecule has 0 spiro atoms. The molecule has 1 aromatic rings. The molecule has 1 N–H and O–H groups in total. The van der Waals surface area contributed by atoms with Gasteiger partial charge in [-0.3, -0.25) is 9.89 Å². The zero-order valence-electron chi connectivity index (χ0n) is 6.96. The highest BCUT2D eigenvalue weighted by Crippen LogP contribution is 2.61. The fourth-order valence-corrected chi connectivity index (χ4v) is 3.01. The monoisotopic (exact) mass is 288 g/mol. The molecule has 13 heavy (non-hydrogen) atoms. The summed E-state index contributed by atoms with van der Waals surface area (Å²) in [5, 5.41) is 7.14. The average Bonchev–Trinajstić information content (AvgIpc) is 2.50. The second-order valence-corrected chi connectivity index (χ2v) is 5.05. The largest absolute Gasteiger partial charge is 0.300 e. The van der Waals surface area contributed by atoms with Gasteiger partial charge in [0.2, 0.25) is 0 Å². The van der Waals surface area contributed by atoms with E-state index >= 15 is 0 Å². The molecule has 0 aliphatic heterocycles. The Morgan fingerprint density at radius 1 is 1.46 bits per heavy atom. The Labute approximate surface area is 89.4 Å². The van der Waals surface area contributed by atoms with Crippen molar-refractivity contribution >= 4 is 28.4 Å². The lowest BCUT2D eigenvalue weighted by Gasteiger charge is -1.97. The van der Waals surface area contributed by atoms with Crippen LogP contribution in [0.15, 0.2) is 6.07 Å². The minimum absolute atomic E-state index is 0.445. The summed E-state index contributed by atoms with van der Waals surface area (Å²) in [4.78, 5) is 11.0. The number of fused-ring (bicyclic) bond motifs is 1. The number of rotatable bonds is 1. The molecule has 0 amide bonds. The van der Waals surface area contributed by atoms with Crippen LogP contribution in [0.1, 0.15) is 24.5 Å². The molecular formula is C9H9IN2O. The summed E-state index contributed by atoms with van der Waals surface area (Å²) >= 11 is 2.20. The first kappa shape index (κ1) is 7.96. The number of aromatic nitrogens is 2. The van der Waals surface area contributed by atoms with E-state index in [0.717, 1.165) is 16.5 Å². The molecule has 3 atom stereocenters. The number of carbonyl (C=O) groups excluding carboxylic acids is 1. The molecular weight excluding hydrogens is 279 g/mol. The van der Waals surface area contributed by atoms with E-state index in [1.165, 1.54) is 5.69 Å². The minimum atomic E-state index is 0.445. The lowest BCUT2D eigenvalue weighted by atomic mass is 10.1. The molecule has 4 heteroatoms. The van der Waals surface area contributed by atoms with Crippen molar-refractivity contribution in [1.29, 1.82) is 0 Å². The van der Waals surface area contributed by atoms with Crippen molar-refractivity contribution < 1.29 is 4.79 Å². The van der Waals surface area contributed by atoms with Crippen LogP contribution >= 0.6 is 22.6 Å². The molecule has 0 unspecified atom stereocenters. The van der Waals surface area contributed by atoms with E-state index in [-0.39, 0.29) is 0 Å². The second kappa shape index (κ2) is 2.56. The molecule has 0 aromatic carbocycles. The predicted molar refractivity (Wildman–Crippen MR) is 55.3 cm³/mol. The Hall–Kier alpha value is -0.390. The molecule has 2 aliphatic carbocycles.